The van der Waals surface area contributed by atoms with Gasteiger partial charge in [-0.15, -0.1) is 0 Å². The van der Waals surface area contributed by atoms with Gasteiger partial charge < -0.3 is 5.32 Å². The molecule has 0 saturated heterocycles. The Kier molecular flexibility index (Phi) is 3.40. The van der Waals surface area contributed by atoms with Gasteiger partial charge in [0, 0.05) is 11.3 Å². The van der Waals surface area contributed by atoms with Gasteiger partial charge in [-0.3, -0.25) is 4.79 Å². The number of nitrogens with zero attached hydrogens (tertiary/aromatic N) is 1. The lowest BCUT2D eigenvalue weighted by atomic mass is 10.1. The van der Waals surface area contributed by atoms with E-state index in [0.717, 1.165) is 11.3 Å². The normalized spacial score (nSPS) is 9.56. The first kappa shape index (κ1) is 11.9. The molecule has 0 heterocycles. The van der Waals surface area contributed by atoms with E-state index in [9.17, 15) is 4.79 Å². The van der Waals surface area contributed by atoms with Gasteiger partial charge in [0.1, 0.15) is 0 Å². The summed E-state index contributed by atoms with van der Waals surface area (Å²) in [6, 6.07) is 16.2. The van der Waals surface area contributed by atoms with Gasteiger partial charge in [-0.2, -0.15) is 5.26 Å². The van der Waals surface area contributed by atoms with E-state index in [1.165, 1.54) is 0 Å². The van der Waals surface area contributed by atoms with Gasteiger partial charge in [-0.05, 0) is 48.9 Å². The Hall–Kier alpha value is -2.60. The highest BCUT2D eigenvalue weighted by atomic mass is 16.1. The minimum Gasteiger partial charge on any atom is -0.322 e. The molecule has 0 aliphatic rings. The summed E-state index contributed by atoms with van der Waals surface area (Å²) in [5.41, 5.74) is 2.94. The number of nitrogens with one attached hydrogen (secondary N) is 1. The van der Waals surface area contributed by atoms with Crippen LogP contribution in [0.1, 0.15) is 21.5 Å². The fourth-order valence-corrected chi connectivity index (χ4v) is 1.62. The van der Waals surface area contributed by atoms with Crippen LogP contribution >= 0.6 is 0 Å². The molecular formula is C15H12N2O. The lowest BCUT2D eigenvalue weighted by molar-refractivity contribution is 0.102. The van der Waals surface area contributed by atoms with Crippen molar-refractivity contribution in [2.45, 2.75) is 6.92 Å². The van der Waals surface area contributed by atoms with Crippen molar-refractivity contribution in [3.8, 4) is 6.07 Å². The summed E-state index contributed by atoms with van der Waals surface area (Å²) < 4.78 is 0. The Morgan fingerprint density at radius 3 is 2.50 bits per heavy atom. The predicted octanol–water partition coefficient (Wildman–Crippen LogP) is 3.12. The Morgan fingerprint density at radius 1 is 1.17 bits per heavy atom. The zero-order chi connectivity index (χ0) is 13.0. The summed E-state index contributed by atoms with van der Waals surface area (Å²) in [4.78, 5) is 11.9. The molecular weight excluding hydrogens is 224 g/mol. The van der Waals surface area contributed by atoms with E-state index in [-0.39, 0.29) is 5.91 Å². The number of hydrogen-bond donors (Lipinski definition) is 1. The molecule has 0 atom stereocenters. The number of rotatable bonds is 2. The van der Waals surface area contributed by atoms with Crippen LogP contribution in [-0.4, -0.2) is 5.91 Å². The number of carbonyl (C=O) groups excluding carboxylic acids is 1. The van der Waals surface area contributed by atoms with Gasteiger partial charge in [-0.1, -0.05) is 12.1 Å². The number of hydrogen-bond acceptors (Lipinski definition) is 2. The molecule has 0 radical (unpaired) electrons. The van der Waals surface area contributed by atoms with Gasteiger partial charge >= 0.3 is 0 Å². The zero-order valence-corrected chi connectivity index (χ0v) is 9.97. The van der Waals surface area contributed by atoms with Gasteiger partial charge in [0.2, 0.25) is 0 Å². The maximum atomic E-state index is 11.9. The van der Waals surface area contributed by atoms with Crippen LogP contribution in [0.25, 0.3) is 0 Å². The number of benzene rings is 2. The first-order valence-electron chi connectivity index (χ1n) is 5.57. The summed E-state index contributed by atoms with van der Waals surface area (Å²) in [7, 11) is 0. The van der Waals surface area contributed by atoms with E-state index in [2.05, 4.69) is 5.32 Å². The van der Waals surface area contributed by atoms with Crippen molar-refractivity contribution in [1.82, 2.24) is 0 Å². The fourth-order valence-electron chi connectivity index (χ4n) is 1.62. The lowest BCUT2D eigenvalue weighted by Crippen LogP contribution is -2.11. The van der Waals surface area contributed by atoms with Crippen molar-refractivity contribution >= 4 is 11.6 Å². The van der Waals surface area contributed by atoms with E-state index in [1.807, 2.05) is 37.3 Å². The molecule has 2 aromatic carbocycles. The second kappa shape index (κ2) is 5.15. The van der Waals surface area contributed by atoms with Gasteiger partial charge in [0.05, 0.1) is 11.6 Å². The molecule has 3 heteroatoms. The van der Waals surface area contributed by atoms with Crippen LogP contribution in [0.2, 0.25) is 0 Å². The fraction of sp³-hybridized carbons (Fsp3) is 0.0667. The molecule has 0 fully saturated rings. The van der Waals surface area contributed by atoms with E-state index in [4.69, 9.17) is 5.26 Å². The number of anilines is 1. The van der Waals surface area contributed by atoms with Crippen LogP contribution in [0, 0.1) is 18.3 Å². The van der Waals surface area contributed by atoms with E-state index >= 15 is 0 Å². The van der Waals surface area contributed by atoms with E-state index in [0.29, 0.717) is 11.1 Å². The first-order chi connectivity index (χ1) is 8.69. The second-order valence-electron chi connectivity index (χ2n) is 4.01. The topological polar surface area (TPSA) is 52.9 Å². The third-order valence-electron chi connectivity index (χ3n) is 2.55. The molecule has 0 unspecified atom stereocenters. The Balaban J connectivity index is 2.14. The van der Waals surface area contributed by atoms with Gasteiger partial charge in [0.15, 0.2) is 0 Å². The van der Waals surface area contributed by atoms with Crippen LogP contribution in [0.15, 0.2) is 48.5 Å². The van der Waals surface area contributed by atoms with Crippen LogP contribution in [0.4, 0.5) is 5.69 Å². The highest BCUT2D eigenvalue weighted by Crippen LogP contribution is 2.12. The van der Waals surface area contributed by atoms with Crippen molar-refractivity contribution in [2.24, 2.45) is 0 Å². The van der Waals surface area contributed by atoms with Crippen LogP contribution in [-0.2, 0) is 0 Å². The number of aryl methyl sites for hydroxylation is 1. The Morgan fingerprint density at radius 2 is 1.89 bits per heavy atom. The summed E-state index contributed by atoms with van der Waals surface area (Å²) in [6.07, 6.45) is 0. The molecule has 0 aromatic heterocycles. The lowest BCUT2D eigenvalue weighted by Gasteiger charge is -2.05. The maximum Gasteiger partial charge on any atom is 0.255 e. The molecule has 0 aliphatic heterocycles. The molecule has 2 rings (SSSR count). The maximum absolute atomic E-state index is 11.9. The molecule has 1 N–H and O–H groups in total. The summed E-state index contributed by atoms with van der Waals surface area (Å²) in [5, 5.41) is 11.5. The smallest absolute Gasteiger partial charge is 0.255 e. The predicted molar refractivity (Wildman–Crippen MR) is 70.3 cm³/mol. The minimum absolute atomic E-state index is 0.176. The molecule has 3 nitrogen and oxygen atoms in total. The highest BCUT2D eigenvalue weighted by molar-refractivity contribution is 6.04. The number of nitriles is 1. The third-order valence-corrected chi connectivity index (χ3v) is 2.55. The quantitative estimate of drug-likeness (QED) is 0.870. The van der Waals surface area contributed by atoms with Crippen molar-refractivity contribution in [3.05, 3.63) is 65.2 Å². The van der Waals surface area contributed by atoms with Crippen molar-refractivity contribution in [3.63, 3.8) is 0 Å². The Bertz CT molecular complexity index is 609. The number of amides is 1. The third kappa shape index (κ3) is 2.74. The monoisotopic (exact) mass is 236 g/mol. The molecule has 0 spiro atoms. The number of carbonyl (C=O) groups is 1. The molecule has 88 valence electrons. The van der Waals surface area contributed by atoms with Gasteiger partial charge in [-0.25, -0.2) is 0 Å². The highest BCUT2D eigenvalue weighted by Gasteiger charge is 2.05. The molecule has 1 amide bonds. The minimum atomic E-state index is -0.176. The van der Waals surface area contributed by atoms with Crippen LogP contribution in [0.3, 0.4) is 0 Å². The molecule has 18 heavy (non-hydrogen) atoms. The van der Waals surface area contributed by atoms with Crippen molar-refractivity contribution < 1.29 is 4.79 Å². The SMILES string of the molecule is Cc1cccc(NC(=O)c2ccc(C#N)cc2)c1. The molecule has 2 aromatic rings. The van der Waals surface area contributed by atoms with E-state index < -0.39 is 0 Å². The first-order valence-corrected chi connectivity index (χ1v) is 5.57. The summed E-state index contributed by atoms with van der Waals surface area (Å²) in [6.45, 7) is 1.97. The van der Waals surface area contributed by atoms with Crippen molar-refractivity contribution in [1.29, 1.82) is 5.26 Å². The average molecular weight is 236 g/mol. The largest absolute Gasteiger partial charge is 0.322 e. The Labute approximate surface area is 106 Å². The van der Waals surface area contributed by atoms with Crippen molar-refractivity contribution in [2.75, 3.05) is 5.32 Å². The standard InChI is InChI=1S/C15H12N2O/c1-11-3-2-4-14(9-11)17-15(18)13-7-5-12(10-16)6-8-13/h2-9H,1H3,(H,17,18). The second-order valence-corrected chi connectivity index (χ2v) is 4.01. The van der Waals surface area contributed by atoms with Gasteiger partial charge in [0.25, 0.3) is 5.91 Å². The van der Waals surface area contributed by atoms with Crippen LogP contribution in [0.5, 0.6) is 0 Å². The summed E-state index contributed by atoms with van der Waals surface area (Å²) >= 11 is 0. The average Bonchev–Trinajstić information content (AvgIpc) is 2.39. The van der Waals surface area contributed by atoms with E-state index in [1.54, 1.807) is 24.3 Å². The molecule has 0 bridgehead atoms. The zero-order valence-electron chi connectivity index (χ0n) is 9.97. The summed E-state index contributed by atoms with van der Waals surface area (Å²) in [5.74, 6) is -0.176. The molecule has 0 saturated carbocycles. The van der Waals surface area contributed by atoms with Crippen LogP contribution < -0.4 is 5.32 Å². The molecule has 0 aliphatic carbocycles.